The van der Waals surface area contributed by atoms with Gasteiger partial charge >= 0.3 is 18.4 Å². The minimum absolute atomic E-state index is 0.102. The zero-order valence-corrected chi connectivity index (χ0v) is 15.6. The van der Waals surface area contributed by atoms with Crippen molar-refractivity contribution in [2.24, 2.45) is 0 Å². The lowest BCUT2D eigenvalue weighted by atomic mass is 10.0. The molecule has 0 saturated heterocycles. The SMILES string of the molecule is O=[N+]([O-])c1cn2c(n1)OC[C@@H](OCc1cccc(-c3ccc(OC(F)F)cc3)c1)C2. The molecule has 0 bridgehead atoms. The molecule has 1 atom stereocenters. The van der Waals surface area contributed by atoms with E-state index in [-0.39, 0.29) is 30.3 Å². The Morgan fingerprint density at radius 1 is 1.23 bits per heavy atom. The van der Waals surface area contributed by atoms with Crippen molar-refractivity contribution < 1.29 is 27.9 Å². The van der Waals surface area contributed by atoms with E-state index in [1.807, 2.05) is 24.3 Å². The molecule has 0 saturated carbocycles. The molecule has 8 nitrogen and oxygen atoms in total. The molecule has 0 aliphatic carbocycles. The summed E-state index contributed by atoms with van der Waals surface area (Å²) in [6.07, 6.45) is 1.05. The Morgan fingerprint density at radius 2 is 2.03 bits per heavy atom. The number of imidazole rings is 1. The van der Waals surface area contributed by atoms with Crippen molar-refractivity contribution in [3.63, 3.8) is 0 Å². The Labute approximate surface area is 169 Å². The van der Waals surface area contributed by atoms with Crippen molar-refractivity contribution in [3.05, 3.63) is 70.4 Å². The van der Waals surface area contributed by atoms with E-state index in [0.29, 0.717) is 13.2 Å². The lowest BCUT2D eigenvalue weighted by Crippen LogP contribution is -2.32. The average molecular weight is 417 g/mol. The summed E-state index contributed by atoms with van der Waals surface area (Å²) in [4.78, 5) is 14.1. The first-order chi connectivity index (χ1) is 14.5. The molecule has 0 amide bonds. The third-order valence-corrected chi connectivity index (χ3v) is 4.54. The van der Waals surface area contributed by atoms with Gasteiger partial charge in [0.05, 0.1) is 13.2 Å². The predicted octanol–water partition coefficient (Wildman–Crippen LogP) is 4.04. The Bertz CT molecular complexity index is 1040. The van der Waals surface area contributed by atoms with E-state index in [2.05, 4.69) is 9.72 Å². The van der Waals surface area contributed by atoms with E-state index < -0.39 is 11.5 Å². The van der Waals surface area contributed by atoms with Gasteiger partial charge in [0.25, 0.3) is 0 Å². The summed E-state index contributed by atoms with van der Waals surface area (Å²) in [6, 6.07) is 14.3. The summed E-state index contributed by atoms with van der Waals surface area (Å²) in [5.41, 5.74) is 2.68. The number of fused-ring (bicyclic) bond motifs is 1. The van der Waals surface area contributed by atoms with Crippen molar-refractivity contribution in [1.82, 2.24) is 9.55 Å². The standard InChI is InChI=1S/C20H17F2N3O5/c21-19(22)30-16-6-4-14(5-7-16)15-3-1-2-13(8-15)11-28-17-9-24-10-18(25(26)27)23-20(24)29-12-17/h1-8,10,17,19H,9,11-12H2/t17-/m0/s1. The predicted molar refractivity (Wildman–Crippen MR) is 101 cm³/mol. The van der Waals surface area contributed by atoms with Gasteiger partial charge in [-0.15, -0.1) is 0 Å². The second-order valence-electron chi connectivity index (χ2n) is 6.64. The number of hydrogen-bond donors (Lipinski definition) is 0. The van der Waals surface area contributed by atoms with Crippen molar-refractivity contribution in [3.8, 4) is 22.9 Å². The van der Waals surface area contributed by atoms with Crippen molar-refractivity contribution in [1.29, 1.82) is 0 Å². The Morgan fingerprint density at radius 3 is 2.77 bits per heavy atom. The fraction of sp³-hybridized carbons (Fsp3) is 0.250. The maximum Gasteiger partial charge on any atom is 0.414 e. The van der Waals surface area contributed by atoms with E-state index in [1.165, 1.54) is 18.3 Å². The molecule has 1 aromatic heterocycles. The zero-order chi connectivity index (χ0) is 21.1. The molecule has 1 aliphatic rings. The molecule has 1 aliphatic heterocycles. The van der Waals surface area contributed by atoms with Gasteiger partial charge in [-0.05, 0) is 39.8 Å². The van der Waals surface area contributed by atoms with Crippen LogP contribution >= 0.6 is 0 Å². The van der Waals surface area contributed by atoms with Crippen LogP contribution in [0.25, 0.3) is 11.1 Å². The number of hydrogen-bond acceptors (Lipinski definition) is 6. The Balaban J connectivity index is 1.38. The van der Waals surface area contributed by atoms with E-state index in [4.69, 9.17) is 9.47 Å². The van der Waals surface area contributed by atoms with Crippen LogP contribution in [-0.2, 0) is 17.9 Å². The molecular weight excluding hydrogens is 400 g/mol. The van der Waals surface area contributed by atoms with Crippen LogP contribution in [0.3, 0.4) is 0 Å². The van der Waals surface area contributed by atoms with Gasteiger partial charge < -0.3 is 24.3 Å². The lowest BCUT2D eigenvalue weighted by molar-refractivity contribution is -0.389. The second kappa shape index (κ2) is 8.46. The molecule has 30 heavy (non-hydrogen) atoms. The lowest BCUT2D eigenvalue weighted by Gasteiger charge is -2.22. The van der Waals surface area contributed by atoms with Crippen LogP contribution in [0.15, 0.2) is 54.7 Å². The van der Waals surface area contributed by atoms with Crippen molar-refractivity contribution >= 4 is 5.82 Å². The van der Waals surface area contributed by atoms with Gasteiger partial charge in [-0.2, -0.15) is 8.78 Å². The Kier molecular flexibility index (Phi) is 5.57. The largest absolute Gasteiger partial charge is 0.443 e. The van der Waals surface area contributed by atoms with E-state index in [1.54, 1.807) is 16.7 Å². The van der Waals surface area contributed by atoms with Crippen LogP contribution < -0.4 is 9.47 Å². The highest BCUT2D eigenvalue weighted by Gasteiger charge is 2.28. The number of ether oxygens (including phenoxy) is 3. The summed E-state index contributed by atoms with van der Waals surface area (Å²) < 4.78 is 41.8. The van der Waals surface area contributed by atoms with Gasteiger partial charge in [0, 0.05) is 4.98 Å². The van der Waals surface area contributed by atoms with E-state index >= 15 is 0 Å². The summed E-state index contributed by atoms with van der Waals surface area (Å²) >= 11 is 0. The fourth-order valence-electron chi connectivity index (χ4n) is 3.14. The third kappa shape index (κ3) is 4.54. The van der Waals surface area contributed by atoms with Crippen molar-refractivity contribution in [2.45, 2.75) is 25.9 Å². The molecule has 0 spiro atoms. The second-order valence-corrected chi connectivity index (χ2v) is 6.64. The minimum atomic E-state index is -2.86. The molecule has 4 rings (SSSR count). The molecule has 2 aromatic carbocycles. The smallest absolute Gasteiger partial charge is 0.414 e. The Hall–Kier alpha value is -3.53. The molecule has 3 aromatic rings. The molecule has 10 heteroatoms. The molecule has 156 valence electrons. The maximum absolute atomic E-state index is 12.3. The van der Waals surface area contributed by atoms with Crippen LogP contribution in [0.2, 0.25) is 0 Å². The molecule has 0 radical (unpaired) electrons. The summed E-state index contributed by atoms with van der Waals surface area (Å²) in [5, 5.41) is 10.8. The number of halogens is 2. The van der Waals surface area contributed by atoms with E-state index in [0.717, 1.165) is 16.7 Å². The van der Waals surface area contributed by atoms with Crippen LogP contribution in [0.1, 0.15) is 5.56 Å². The van der Waals surface area contributed by atoms with Gasteiger partial charge in [0.2, 0.25) is 0 Å². The minimum Gasteiger partial charge on any atom is -0.443 e. The number of benzene rings is 2. The monoisotopic (exact) mass is 417 g/mol. The highest BCUT2D eigenvalue weighted by Crippen LogP contribution is 2.26. The molecular formula is C20H17F2N3O5. The highest BCUT2D eigenvalue weighted by atomic mass is 19.3. The molecule has 0 fully saturated rings. The number of alkyl halides is 2. The van der Waals surface area contributed by atoms with Crippen LogP contribution in [-0.4, -0.2) is 33.8 Å². The fourth-order valence-corrected chi connectivity index (χ4v) is 3.14. The summed E-state index contributed by atoms with van der Waals surface area (Å²) in [5.74, 6) is -0.159. The molecule has 0 unspecified atom stereocenters. The van der Waals surface area contributed by atoms with Crippen LogP contribution in [0.5, 0.6) is 11.8 Å². The number of nitro groups is 1. The average Bonchev–Trinajstić information content (AvgIpc) is 3.16. The third-order valence-electron chi connectivity index (χ3n) is 4.54. The molecule has 2 heterocycles. The van der Waals surface area contributed by atoms with Gasteiger partial charge in [-0.3, -0.25) is 4.57 Å². The normalized spacial score (nSPS) is 15.5. The first-order valence-electron chi connectivity index (χ1n) is 9.08. The highest BCUT2D eigenvalue weighted by molar-refractivity contribution is 5.64. The van der Waals surface area contributed by atoms with Gasteiger partial charge in [0.15, 0.2) is 0 Å². The maximum atomic E-state index is 12.3. The zero-order valence-electron chi connectivity index (χ0n) is 15.6. The molecule has 0 N–H and O–H groups in total. The van der Waals surface area contributed by atoms with Crippen LogP contribution in [0, 0.1) is 10.1 Å². The topological polar surface area (TPSA) is 88.7 Å². The quantitative estimate of drug-likeness (QED) is 0.426. The van der Waals surface area contributed by atoms with Crippen LogP contribution in [0.4, 0.5) is 14.6 Å². The number of nitrogens with zero attached hydrogens (tertiary/aromatic N) is 3. The number of aromatic nitrogens is 2. The van der Waals surface area contributed by atoms with E-state index in [9.17, 15) is 18.9 Å². The summed E-state index contributed by atoms with van der Waals surface area (Å²) in [7, 11) is 0. The van der Waals surface area contributed by atoms with Gasteiger partial charge in [-0.1, -0.05) is 30.3 Å². The van der Waals surface area contributed by atoms with Gasteiger partial charge in [-0.25, -0.2) is 0 Å². The van der Waals surface area contributed by atoms with Gasteiger partial charge in [0.1, 0.15) is 24.7 Å². The first-order valence-corrected chi connectivity index (χ1v) is 9.08. The first kappa shape index (κ1) is 19.8. The summed E-state index contributed by atoms with van der Waals surface area (Å²) in [6.45, 7) is -1.88. The van der Waals surface area contributed by atoms with Crippen molar-refractivity contribution in [2.75, 3.05) is 6.61 Å². The number of rotatable bonds is 7.